The van der Waals surface area contributed by atoms with Gasteiger partial charge in [0.1, 0.15) is 5.75 Å². The Morgan fingerprint density at radius 3 is 2.03 bits per heavy atom. The maximum Gasteiger partial charge on any atom is 0.243 e. The Hall–Kier alpha value is -3.02. The summed E-state index contributed by atoms with van der Waals surface area (Å²) in [6.45, 7) is 8.94. The molecule has 2 amide bonds. The normalized spacial score (nSPS) is 10.9. The minimum absolute atomic E-state index is 0.115. The smallest absolute Gasteiger partial charge is 0.243 e. The van der Waals surface area contributed by atoms with E-state index in [-0.39, 0.29) is 30.7 Å². The Bertz CT molecular complexity index is 834. The summed E-state index contributed by atoms with van der Waals surface area (Å²) in [7, 11) is 1.60. The number of nitrogens with two attached hydrogens (primary N) is 1. The maximum atomic E-state index is 13.0. The largest absolute Gasteiger partial charge is 0.497 e. The number of carbonyl (C=O) groups is 2. The van der Waals surface area contributed by atoms with Gasteiger partial charge >= 0.3 is 0 Å². The average Bonchev–Trinajstić information content (AvgIpc) is 2.70. The lowest BCUT2D eigenvalue weighted by atomic mass is 9.92. The second-order valence-electron chi connectivity index (χ2n) is 8.00. The van der Waals surface area contributed by atoms with Crippen LogP contribution in [0.2, 0.25) is 0 Å². The van der Waals surface area contributed by atoms with Crippen LogP contribution in [0.15, 0.2) is 42.5 Å². The van der Waals surface area contributed by atoms with Gasteiger partial charge in [-0.15, -0.1) is 0 Å². The van der Waals surface area contributed by atoms with Gasteiger partial charge in [0.15, 0.2) is 0 Å². The van der Waals surface area contributed by atoms with E-state index in [9.17, 15) is 9.59 Å². The number of carbonyl (C=O) groups excluding carboxylic acids is 2. The molecule has 2 aromatic rings. The van der Waals surface area contributed by atoms with Gasteiger partial charge in [-0.3, -0.25) is 9.59 Å². The third kappa shape index (κ3) is 6.24. The summed E-state index contributed by atoms with van der Waals surface area (Å²) in [6.07, 6.45) is 0.166. The summed E-state index contributed by atoms with van der Waals surface area (Å²) in [5, 5.41) is 3.13. The van der Waals surface area contributed by atoms with Crippen molar-refractivity contribution in [2.75, 3.05) is 30.4 Å². The van der Waals surface area contributed by atoms with E-state index in [4.69, 9.17) is 10.5 Å². The van der Waals surface area contributed by atoms with Gasteiger partial charge in [-0.05, 0) is 47.2 Å². The van der Waals surface area contributed by atoms with Crippen molar-refractivity contribution in [1.82, 2.24) is 0 Å². The summed E-state index contributed by atoms with van der Waals surface area (Å²) in [5.41, 5.74) is 9.28. The van der Waals surface area contributed by atoms with Crippen molar-refractivity contribution >= 4 is 23.2 Å². The fourth-order valence-corrected chi connectivity index (χ4v) is 3.39. The first kappa shape index (κ1) is 23.3. The Morgan fingerprint density at radius 2 is 1.57 bits per heavy atom. The van der Waals surface area contributed by atoms with E-state index < -0.39 is 5.91 Å². The van der Waals surface area contributed by atoms with Gasteiger partial charge in [-0.1, -0.05) is 45.9 Å². The van der Waals surface area contributed by atoms with Crippen LogP contribution in [0.25, 0.3) is 0 Å². The molecule has 162 valence electrons. The van der Waals surface area contributed by atoms with Gasteiger partial charge in [-0.2, -0.15) is 0 Å². The third-order valence-electron chi connectivity index (χ3n) is 5.04. The van der Waals surface area contributed by atoms with Gasteiger partial charge < -0.3 is 20.7 Å². The fraction of sp³-hybridized carbons (Fsp3) is 0.417. The zero-order chi connectivity index (χ0) is 22.3. The van der Waals surface area contributed by atoms with Crippen LogP contribution in [0.5, 0.6) is 5.75 Å². The maximum absolute atomic E-state index is 13.0. The number of anilines is 2. The molecule has 0 fully saturated rings. The Kier molecular flexibility index (Phi) is 8.27. The number of methoxy groups -OCH3 is 1. The number of rotatable bonds is 10. The number of benzene rings is 2. The Labute approximate surface area is 179 Å². The van der Waals surface area contributed by atoms with E-state index in [0.717, 1.165) is 28.3 Å². The molecular formula is C24H33N3O3. The molecule has 2 rings (SSSR count). The quantitative estimate of drug-likeness (QED) is 0.612. The van der Waals surface area contributed by atoms with Gasteiger partial charge in [0.25, 0.3) is 0 Å². The van der Waals surface area contributed by atoms with E-state index in [2.05, 4.69) is 45.1 Å². The number of amides is 2. The molecule has 2 aromatic carbocycles. The van der Waals surface area contributed by atoms with Crippen molar-refractivity contribution in [3.8, 4) is 5.75 Å². The van der Waals surface area contributed by atoms with E-state index in [0.29, 0.717) is 6.54 Å². The highest BCUT2D eigenvalue weighted by Crippen LogP contribution is 2.32. The summed E-state index contributed by atoms with van der Waals surface area (Å²) in [4.78, 5) is 26.2. The van der Waals surface area contributed by atoms with Crippen LogP contribution in [0.4, 0.5) is 11.4 Å². The van der Waals surface area contributed by atoms with E-state index in [1.54, 1.807) is 7.11 Å². The molecule has 30 heavy (non-hydrogen) atoms. The highest BCUT2D eigenvalue weighted by atomic mass is 16.5. The van der Waals surface area contributed by atoms with E-state index >= 15 is 0 Å². The van der Waals surface area contributed by atoms with Crippen LogP contribution < -0.4 is 20.7 Å². The predicted octanol–water partition coefficient (Wildman–Crippen LogP) is 4.26. The summed E-state index contributed by atoms with van der Waals surface area (Å²) in [5.74, 6) is 0.759. The van der Waals surface area contributed by atoms with E-state index in [1.165, 1.54) is 0 Å². The van der Waals surface area contributed by atoms with Gasteiger partial charge in [0, 0.05) is 24.3 Å². The molecule has 6 heteroatoms. The first-order chi connectivity index (χ1) is 14.2. The predicted molar refractivity (Wildman–Crippen MR) is 122 cm³/mol. The molecule has 0 saturated heterocycles. The number of nitrogens with zero attached hydrogens (tertiary/aromatic N) is 1. The number of hydrogen-bond acceptors (Lipinski definition) is 4. The first-order valence-corrected chi connectivity index (χ1v) is 10.3. The number of primary amides is 1. The molecule has 0 radical (unpaired) electrons. The topological polar surface area (TPSA) is 84.7 Å². The monoisotopic (exact) mass is 411 g/mol. The van der Waals surface area contributed by atoms with Crippen molar-refractivity contribution in [1.29, 1.82) is 0 Å². The Morgan fingerprint density at radius 1 is 1.00 bits per heavy atom. The highest BCUT2D eigenvalue weighted by molar-refractivity contribution is 5.96. The lowest BCUT2D eigenvalue weighted by Gasteiger charge is -2.25. The fourth-order valence-electron chi connectivity index (χ4n) is 3.39. The van der Waals surface area contributed by atoms with Crippen LogP contribution in [0.3, 0.4) is 0 Å². The molecular weight excluding hydrogens is 378 g/mol. The van der Waals surface area contributed by atoms with Crippen molar-refractivity contribution < 1.29 is 14.3 Å². The zero-order valence-electron chi connectivity index (χ0n) is 18.6. The molecule has 0 unspecified atom stereocenters. The minimum Gasteiger partial charge on any atom is -0.497 e. The van der Waals surface area contributed by atoms with Crippen molar-refractivity contribution in [3.05, 3.63) is 53.6 Å². The van der Waals surface area contributed by atoms with Gasteiger partial charge in [-0.25, -0.2) is 0 Å². The lowest BCUT2D eigenvalue weighted by Crippen LogP contribution is -2.36. The van der Waals surface area contributed by atoms with Crippen LogP contribution >= 0.6 is 0 Å². The second kappa shape index (κ2) is 10.7. The molecule has 0 spiro atoms. The molecule has 6 nitrogen and oxygen atoms in total. The van der Waals surface area contributed by atoms with Crippen molar-refractivity contribution in [3.63, 3.8) is 0 Å². The first-order valence-electron chi connectivity index (χ1n) is 10.3. The number of hydrogen-bond donors (Lipinski definition) is 2. The molecule has 3 N–H and O–H groups in total. The molecule has 0 aromatic heterocycles. The molecule has 0 bridgehead atoms. The van der Waals surface area contributed by atoms with Gasteiger partial charge in [0.05, 0.1) is 13.7 Å². The molecule has 0 atom stereocenters. The van der Waals surface area contributed by atoms with Crippen molar-refractivity contribution in [2.45, 2.75) is 46.0 Å². The summed E-state index contributed by atoms with van der Waals surface area (Å²) >= 11 is 0. The standard InChI is InChI=1S/C24H33N3O3/c1-16(2)20-7-6-8-21(17(3)4)24(20)26-23(29)15-27(14-13-22(25)28)18-9-11-19(30-5)12-10-18/h6-12,16-17H,13-15H2,1-5H3,(H2,25,28)(H,26,29). The van der Waals surface area contributed by atoms with E-state index in [1.807, 2.05) is 35.2 Å². The Balaban J connectivity index is 2.26. The van der Waals surface area contributed by atoms with Gasteiger partial charge in [0.2, 0.25) is 11.8 Å². The molecule has 0 saturated carbocycles. The van der Waals surface area contributed by atoms with Crippen molar-refractivity contribution in [2.24, 2.45) is 5.73 Å². The minimum atomic E-state index is -0.402. The molecule has 0 aliphatic carbocycles. The number of ether oxygens (including phenoxy) is 1. The number of para-hydroxylation sites is 1. The summed E-state index contributed by atoms with van der Waals surface area (Å²) in [6, 6.07) is 13.5. The van der Waals surface area contributed by atoms with Crippen LogP contribution in [-0.4, -0.2) is 32.0 Å². The SMILES string of the molecule is COc1ccc(N(CCC(N)=O)CC(=O)Nc2c(C(C)C)cccc2C(C)C)cc1. The van der Waals surface area contributed by atoms with Crippen LogP contribution in [0.1, 0.15) is 57.1 Å². The summed E-state index contributed by atoms with van der Waals surface area (Å²) < 4.78 is 5.21. The van der Waals surface area contributed by atoms with Crippen LogP contribution in [0, 0.1) is 0 Å². The third-order valence-corrected chi connectivity index (χ3v) is 5.04. The number of nitrogens with one attached hydrogen (secondary N) is 1. The van der Waals surface area contributed by atoms with Crippen LogP contribution in [-0.2, 0) is 9.59 Å². The molecule has 0 aliphatic heterocycles. The lowest BCUT2D eigenvalue weighted by molar-refractivity contribution is -0.118. The second-order valence-corrected chi connectivity index (χ2v) is 8.00. The highest BCUT2D eigenvalue weighted by Gasteiger charge is 2.18. The zero-order valence-corrected chi connectivity index (χ0v) is 18.6. The average molecular weight is 412 g/mol. The molecule has 0 aliphatic rings. The molecule has 0 heterocycles.